The molecule has 174 valence electrons. The fourth-order valence-corrected chi connectivity index (χ4v) is 3.67. The van der Waals surface area contributed by atoms with Gasteiger partial charge in [0.05, 0.1) is 26.4 Å². The van der Waals surface area contributed by atoms with E-state index in [9.17, 15) is 0 Å². The molecule has 4 aromatic heterocycles. The Balaban J connectivity index is 1.12. The number of ether oxygens (including phenoxy) is 2. The van der Waals surface area contributed by atoms with E-state index in [1.165, 1.54) is 0 Å². The monoisotopic (exact) mass is 458 g/mol. The van der Waals surface area contributed by atoms with Crippen LogP contribution in [0.15, 0.2) is 98.1 Å². The molecule has 0 amide bonds. The van der Waals surface area contributed by atoms with Crippen molar-refractivity contribution in [2.45, 2.75) is 25.5 Å². The summed E-state index contributed by atoms with van der Waals surface area (Å²) in [7, 11) is 0. The molecular weight excluding hydrogens is 432 g/mol. The van der Waals surface area contributed by atoms with E-state index in [2.05, 4.69) is 44.7 Å². The van der Waals surface area contributed by atoms with Gasteiger partial charge in [0.2, 0.25) is 0 Å². The predicted molar refractivity (Wildman–Crippen MR) is 124 cm³/mol. The Morgan fingerprint density at radius 2 is 0.853 bits per heavy atom. The number of aromatic nitrogens is 8. The third kappa shape index (κ3) is 5.30. The number of benzene rings is 1. The normalized spacial score (nSPS) is 11.6. The summed E-state index contributed by atoms with van der Waals surface area (Å²) in [5.74, 6) is 0. The van der Waals surface area contributed by atoms with Crippen molar-refractivity contribution in [1.82, 2.24) is 39.1 Å². The lowest BCUT2D eigenvalue weighted by Crippen LogP contribution is -2.24. The van der Waals surface area contributed by atoms with Crippen LogP contribution in [-0.4, -0.2) is 52.3 Å². The van der Waals surface area contributed by atoms with Crippen molar-refractivity contribution in [3.05, 3.63) is 109 Å². The highest BCUT2D eigenvalue weighted by atomic mass is 16.5. The van der Waals surface area contributed by atoms with Gasteiger partial charge in [-0.1, -0.05) is 24.3 Å². The fourth-order valence-electron chi connectivity index (χ4n) is 3.67. The van der Waals surface area contributed by atoms with Crippen LogP contribution in [0.1, 0.15) is 23.5 Å². The average molecular weight is 459 g/mol. The summed E-state index contributed by atoms with van der Waals surface area (Å²) in [6, 6.07) is 15.8. The van der Waals surface area contributed by atoms with Crippen molar-refractivity contribution in [3.8, 4) is 0 Å². The average Bonchev–Trinajstić information content (AvgIpc) is 3.69. The number of rotatable bonds is 12. The minimum absolute atomic E-state index is 0.129. The van der Waals surface area contributed by atoms with E-state index in [-0.39, 0.29) is 12.3 Å². The van der Waals surface area contributed by atoms with Crippen molar-refractivity contribution < 1.29 is 9.47 Å². The Hall–Kier alpha value is -4.02. The fraction of sp³-hybridized carbons (Fsp3) is 0.250. The molecule has 0 bridgehead atoms. The van der Waals surface area contributed by atoms with Gasteiger partial charge in [0.1, 0.15) is 0 Å². The molecule has 10 heteroatoms. The molecule has 0 unspecified atom stereocenters. The summed E-state index contributed by atoms with van der Waals surface area (Å²) in [5, 5.41) is 17.3. The van der Waals surface area contributed by atoms with E-state index in [0.717, 1.165) is 11.1 Å². The zero-order chi connectivity index (χ0) is 23.0. The Labute approximate surface area is 197 Å². The Kier molecular flexibility index (Phi) is 6.88. The molecule has 5 rings (SSSR count). The first kappa shape index (κ1) is 21.8. The van der Waals surface area contributed by atoms with E-state index in [0.29, 0.717) is 26.4 Å². The van der Waals surface area contributed by atoms with Crippen LogP contribution in [0.3, 0.4) is 0 Å². The molecule has 0 radical (unpaired) electrons. The lowest BCUT2D eigenvalue weighted by atomic mass is 10.1. The summed E-state index contributed by atoms with van der Waals surface area (Å²) < 4.78 is 19.3. The minimum Gasteiger partial charge on any atom is -0.373 e. The lowest BCUT2D eigenvalue weighted by Gasteiger charge is -2.19. The highest BCUT2D eigenvalue weighted by Crippen LogP contribution is 2.13. The van der Waals surface area contributed by atoms with Crippen molar-refractivity contribution in [2.24, 2.45) is 0 Å². The molecule has 10 nitrogen and oxygen atoms in total. The molecule has 0 spiro atoms. The summed E-state index contributed by atoms with van der Waals surface area (Å²) in [5.41, 5.74) is 2.18. The molecule has 0 aliphatic rings. The maximum atomic E-state index is 5.99. The van der Waals surface area contributed by atoms with Crippen LogP contribution >= 0.6 is 0 Å². The maximum absolute atomic E-state index is 5.99. The quantitative estimate of drug-likeness (QED) is 0.286. The molecule has 1 aromatic carbocycles. The van der Waals surface area contributed by atoms with Gasteiger partial charge in [-0.3, -0.25) is 0 Å². The molecule has 0 N–H and O–H groups in total. The van der Waals surface area contributed by atoms with Crippen LogP contribution in [0.25, 0.3) is 0 Å². The molecule has 0 atom stereocenters. The Bertz CT molecular complexity index is 1040. The van der Waals surface area contributed by atoms with E-state index >= 15 is 0 Å². The third-order valence-electron chi connectivity index (χ3n) is 5.42. The van der Waals surface area contributed by atoms with E-state index in [1.807, 2.05) is 67.8 Å². The minimum atomic E-state index is -0.129. The maximum Gasteiger partial charge on any atom is 0.166 e. The molecule has 0 fully saturated rings. The second kappa shape index (κ2) is 10.7. The standard InChI is InChI=1S/C24H26N8O2/c1-9-25-29(13-1)23(30-14-2-10-26-30)19-33-17-21-5-7-22(8-6-21)18-34-20-24(31-15-3-11-27-31)32-16-4-12-28-32/h1-16,23-24H,17-20H2. The van der Waals surface area contributed by atoms with Gasteiger partial charge in [0.15, 0.2) is 12.3 Å². The molecule has 0 saturated carbocycles. The summed E-state index contributed by atoms with van der Waals surface area (Å²) in [4.78, 5) is 0. The van der Waals surface area contributed by atoms with Crippen LogP contribution in [-0.2, 0) is 22.7 Å². The number of hydrogen-bond acceptors (Lipinski definition) is 6. The second-order valence-corrected chi connectivity index (χ2v) is 7.75. The summed E-state index contributed by atoms with van der Waals surface area (Å²) in [6.07, 6.45) is 14.4. The largest absolute Gasteiger partial charge is 0.373 e. The molecule has 0 saturated heterocycles. The van der Waals surface area contributed by atoms with Gasteiger partial charge in [-0.05, 0) is 35.4 Å². The van der Waals surface area contributed by atoms with Crippen molar-refractivity contribution in [2.75, 3.05) is 13.2 Å². The first-order chi connectivity index (χ1) is 16.9. The molecule has 0 aliphatic heterocycles. The summed E-state index contributed by atoms with van der Waals surface area (Å²) in [6.45, 7) is 1.91. The van der Waals surface area contributed by atoms with Crippen molar-refractivity contribution in [1.29, 1.82) is 0 Å². The summed E-state index contributed by atoms with van der Waals surface area (Å²) >= 11 is 0. The smallest absolute Gasteiger partial charge is 0.166 e. The van der Waals surface area contributed by atoms with Crippen molar-refractivity contribution >= 4 is 0 Å². The first-order valence-electron chi connectivity index (χ1n) is 11.1. The Morgan fingerprint density at radius 1 is 0.529 bits per heavy atom. The van der Waals surface area contributed by atoms with Crippen LogP contribution in [0.4, 0.5) is 0 Å². The van der Waals surface area contributed by atoms with Crippen LogP contribution in [0, 0.1) is 0 Å². The molecular formula is C24H26N8O2. The SMILES string of the molecule is c1cnn(C(COCc2ccc(COCC(n3cccn3)n3cccn3)cc2)n2cccn2)c1. The van der Waals surface area contributed by atoms with Gasteiger partial charge in [0, 0.05) is 49.6 Å². The lowest BCUT2D eigenvalue weighted by molar-refractivity contribution is 0.0711. The van der Waals surface area contributed by atoms with E-state index in [1.54, 1.807) is 24.8 Å². The third-order valence-corrected chi connectivity index (χ3v) is 5.42. The first-order valence-corrected chi connectivity index (χ1v) is 11.1. The Morgan fingerprint density at radius 3 is 1.12 bits per heavy atom. The van der Waals surface area contributed by atoms with Gasteiger partial charge in [-0.15, -0.1) is 0 Å². The number of hydrogen-bond donors (Lipinski definition) is 0. The van der Waals surface area contributed by atoms with Gasteiger partial charge in [-0.25, -0.2) is 18.7 Å². The van der Waals surface area contributed by atoms with Gasteiger partial charge in [0.25, 0.3) is 0 Å². The van der Waals surface area contributed by atoms with Gasteiger partial charge < -0.3 is 9.47 Å². The predicted octanol–water partition coefficient (Wildman–Crippen LogP) is 3.00. The van der Waals surface area contributed by atoms with Gasteiger partial charge in [-0.2, -0.15) is 20.4 Å². The zero-order valence-electron chi connectivity index (χ0n) is 18.6. The number of nitrogens with zero attached hydrogens (tertiary/aromatic N) is 8. The van der Waals surface area contributed by atoms with E-state index in [4.69, 9.17) is 9.47 Å². The molecule has 4 heterocycles. The highest BCUT2D eigenvalue weighted by Gasteiger charge is 2.15. The van der Waals surface area contributed by atoms with Crippen molar-refractivity contribution in [3.63, 3.8) is 0 Å². The molecule has 5 aromatic rings. The second-order valence-electron chi connectivity index (χ2n) is 7.75. The van der Waals surface area contributed by atoms with Gasteiger partial charge >= 0.3 is 0 Å². The van der Waals surface area contributed by atoms with Crippen LogP contribution < -0.4 is 0 Å². The van der Waals surface area contributed by atoms with E-state index < -0.39 is 0 Å². The van der Waals surface area contributed by atoms with Crippen LogP contribution in [0.2, 0.25) is 0 Å². The topological polar surface area (TPSA) is 89.7 Å². The zero-order valence-corrected chi connectivity index (χ0v) is 18.6. The molecule has 34 heavy (non-hydrogen) atoms. The van der Waals surface area contributed by atoms with Crippen LogP contribution in [0.5, 0.6) is 0 Å². The molecule has 0 aliphatic carbocycles. The highest BCUT2D eigenvalue weighted by molar-refractivity contribution is 5.21.